The van der Waals surface area contributed by atoms with Crippen LogP contribution < -0.4 is 11.2 Å². The fourth-order valence-electron chi connectivity index (χ4n) is 2.55. The minimum Gasteiger partial charge on any atom is -0.335 e. The van der Waals surface area contributed by atoms with E-state index in [9.17, 15) is 14.4 Å². The molecule has 8 nitrogen and oxygen atoms in total. The van der Waals surface area contributed by atoms with E-state index in [1.54, 1.807) is 13.2 Å². The van der Waals surface area contributed by atoms with Crippen LogP contribution in [0, 0.1) is 6.92 Å². The number of carbonyl (C=O) groups is 1. The van der Waals surface area contributed by atoms with Crippen LogP contribution >= 0.6 is 11.3 Å². The lowest BCUT2D eigenvalue weighted by molar-refractivity contribution is 0.0781. The van der Waals surface area contributed by atoms with Gasteiger partial charge in [-0.15, -0.1) is 11.3 Å². The van der Waals surface area contributed by atoms with Gasteiger partial charge < -0.3 is 4.90 Å². The highest BCUT2D eigenvalue weighted by molar-refractivity contribution is 7.11. The predicted molar refractivity (Wildman–Crippen MR) is 94.9 cm³/mol. The molecule has 3 rings (SSSR count). The minimum absolute atomic E-state index is 0.180. The summed E-state index contributed by atoms with van der Waals surface area (Å²) in [5.74, 6) is -0.291. The van der Waals surface area contributed by atoms with Gasteiger partial charge in [0.1, 0.15) is 11.3 Å². The molecule has 0 saturated heterocycles. The number of aromatic nitrogens is 4. The average Bonchev–Trinajstić information content (AvgIpc) is 3.01. The summed E-state index contributed by atoms with van der Waals surface area (Å²) in [7, 11) is 4.61. The van der Waals surface area contributed by atoms with Crippen molar-refractivity contribution in [1.29, 1.82) is 0 Å². The summed E-state index contributed by atoms with van der Waals surface area (Å²) >= 11 is 1.52. The summed E-state index contributed by atoms with van der Waals surface area (Å²) in [6.07, 6.45) is 1.74. The molecule has 3 heterocycles. The molecule has 130 valence electrons. The van der Waals surface area contributed by atoms with Gasteiger partial charge in [0.05, 0.1) is 16.9 Å². The lowest BCUT2D eigenvalue weighted by atomic mass is 10.2. The number of aryl methyl sites for hydroxylation is 2. The molecule has 1 amide bonds. The zero-order valence-electron chi connectivity index (χ0n) is 14.3. The van der Waals surface area contributed by atoms with Crippen LogP contribution in [0.15, 0.2) is 27.9 Å². The van der Waals surface area contributed by atoms with E-state index in [4.69, 9.17) is 0 Å². The number of thiazole rings is 1. The molecule has 0 N–H and O–H groups in total. The minimum atomic E-state index is -0.483. The molecule has 0 aliphatic heterocycles. The Balaban J connectivity index is 2.00. The van der Waals surface area contributed by atoms with Crippen molar-refractivity contribution in [3.05, 3.63) is 54.7 Å². The summed E-state index contributed by atoms with van der Waals surface area (Å²) in [6.45, 7) is 2.32. The lowest BCUT2D eigenvalue weighted by Crippen LogP contribution is -2.37. The summed E-state index contributed by atoms with van der Waals surface area (Å²) in [5, 5.41) is 1.23. The van der Waals surface area contributed by atoms with E-state index >= 15 is 0 Å². The standard InChI is InChI=1S/C16H17N5O3S/c1-9-17-7-10(25-9)8-19(2)15(23)12-6-5-11-13(18-12)20(3)16(24)21(4)14(11)22/h5-7H,8H2,1-4H3. The van der Waals surface area contributed by atoms with Crippen molar-refractivity contribution in [2.45, 2.75) is 13.5 Å². The van der Waals surface area contributed by atoms with Crippen LogP contribution in [0.25, 0.3) is 11.0 Å². The Kier molecular flexibility index (Phi) is 4.25. The SMILES string of the molecule is Cc1ncc(CN(C)C(=O)c2ccc3c(=O)n(C)c(=O)n(C)c3n2)s1. The van der Waals surface area contributed by atoms with E-state index in [0.717, 1.165) is 14.5 Å². The van der Waals surface area contributed by atoms with Gasteiger partial charge >= 0.3 is 5.69 Å². The molecule has 25 heavy (non-hydrogen) atoms. The zero-order chi connectivity index (χ0) is 18.3. The Morgan fingerprint density at radius 1 is 1.24 bits per heavy atom. The number of hydrogen-bond donors (Lipinski definition) is 0. The first-order valence-electron chi connectivity index (χ1n) is 7.53. The molecule has 0 atom stereocenters. The fourth-order valence-corrected chi connectivity index (χ4v) is 3.40. The first kappa shape index (κ1) is 17.0. The van der Waals surface area contributed by atoms with Crippen LogP contribution in [-0.4, -0.2) is 37.0 Å². The second-order valence-corrected chi connectivity index (χ2v) is 7.10. The number of nitrogens with zero attached hydrogens (tertiary/aromatic N) is 5. The molecular weight excluding hydrogens is 342 g/mol. The quantitative estimate of drug-likeness (QED) is 0.686. The van der Waals surface area contributed by atoms with Gasteiger partial charge in [0.25, 0.3) is 11.5 Å². The molecule has 9 heteroatoms. The van der Waals surface area contributed by atoms with Crippen LogP contribution in [-0.2, 0) is 20.6 Å². The van der Waals surface area contributed by atoms with Gasteiger partial charge in [0.2, 0.25) is 0 Å². The summed E-state index contributed by atoms with van der Waals surface area (Å²) < 4.78 is 2.28. The first-order chi connectivity index (χ1) is 11.8. The highest BCUT2D eigenvalue weighted by Gasteiger charge is 2.17. The van der Waals surface area contributed by atoms with Crippen LogP contribution in [0.2, 0.25) is 0 Å². The number of rotatable bonds is 3. The highest BCUT2D eigenvalue weighted by atomic mass is 32.1. The van der Waals surface area contributed by atoms with E-state index in [2.05, 4.69) is 9.97 Å². The summed E-state index contributed by atoms with van der Waals surface area (Å²) in [6, 6.07) is 3.03. The number of fused-ring (bicyclic) bond motifs is 1. The summed E-state index contributed by atoms with van der Waals surface area (Å²) in [5.41, 5.74) is -0.540. The zero-order valence-corrected chi connectivity index (χ0v) is 15.1. The van der Waals surface area contributed by atoms with Gasteiger partial charge in [-0.2, -0.15) is 0 Å². The molecule has 3 aromatic heterocycles. The number of hydrogen-bond acceptors (Lipinski definition) is 6. The third-order valence-corrected chi connectivity index (χ3v) is 4.83. The Morgan fingerprint density at radius 3 is 2.60 bits per heavy atom. The van der Waals surface area contributed by atoms with Crippen LogP contribution in [0.5, 0.6) is 0 Å². The normalized spacial score (nSPS) is 11.0. The van der Waals surface area contributed by atoms with Crippen molar-refractivity contribution in [3.8, 4) is 0 Å². The molecule has 0 aliphatic rings. The molecule has 3 aromatic rings. The van der Waals surface area contributed by atoms with Gasteiger partial charge in [0.15, 0.2) is 0 Å². The molecule has 0 bridgehead atoms. The topological polar surface area (TPSA) is 90.1 Å². The maximum Gasteiger partial charge on any atom is 0.332 e. The Bertz CT molecular complexity index is 1100. The molecule has 0 aromatic carbocycles. The molecule has 0 fully saturated rings. The molecule has 0 aliphatic carbocycles. The number of pyridine rings is 1. The second-order valence-electron chi connectivity index (χ2n) is 5.78. The summed E-state index contributed by atoms with van der Waals surface area (Å²) in [4.78, 5) is 47.8. The largest absolute Gasteiger partial charge is 0.335 e. The van der Waals surface area contributed by atoms with Crippen molar-refractivity contribution in [3.63, 3.8) is 0 Å². The van der Waals surface area contributed by atoms with Crippen LogP contribution in [0.3, 0.4) is 0 Å². The predicted octanol–water partition coefficient (Wildman–Crippen LogP) is 0.669. The maximum absolute atomic E-state index is 12.6. The van der Waals surface area contributed by atoms with E-state index in [0.29, 0.717) is 11.9 Å². The average molecular weight is 359 g/mol. The van der Waals surface area contributed by atoms with Crippen LogP contribution in [0.4, 0.5) is 0 Å². The number of amides is 1. The molecular formula is C16H17N5O3S. The second kappa shape index (κ2) is 6.25. The van der Waals surface area contributed by atoms with Gasteiger partial charge in [0, 0.05) is 32.2 Å². The number of carbonyl (C=O) groups excluding carboxylic acids is 1. The smallest absolute Gasteiger partial charge is 0.332 e. The lowest BCUT2D eigenvalue weighted by Gasteiger charge is -2.16. The van der Waals surface area contributed by atoms with E-state index in [1.165, 1.54) is 47.0 Å². The van der Waals surface area contributed by atoms with Crippen molar-refractivity contribution < 1.29 is 4.79 Å². The maximum atomic E-state index is 12.6. The van der Waals surface area contributed by atoms with Gasteiger partial charge in [-0.3, -0.25) is 18.7 Å². The third-order valence-electron chi connectivity index (χ3n) is 3.93. The van der Waals surface area contributed by atoms with Gasteiger partial charge in [-0.1, -0.05) is 0 Å². The Morgan fingerprint density at radius 2 is 1.96 bits per heavy atom. The van der Waals surface area contributed by atoms with Crippen molar-refractivity contribution >= 4 is 28.3 Å². The van der Waals surface area contributed by atoms with Crippen LogP contribution in [0.1, 0.15) is 20.4 Å². The van der Waals surface area contributed by atoms with Gasteiger partial charge in [-0.25, -0.2) is 14.8 Å². The van der Waals surface area contributed by atoms with E-state index in [1.807, 2.05) is 6.92 Å². The van der Waals surface area contributed by atoms with E-state index in [-0.39, 0.29) is 17.2 Å². The van der Waals surface area contributed by atoms with Gasteiger partial charge in [-0.05, 0) is 19.1 Å². The molecule has 0 saturated carbocycles. The highest BCUT2D eigenvalue weighted by Crippen LogP contribution is 2.15. The van der Waals surface area contributed by atoms with Crippen molar-refractivity contribution in [2.24, 2.45) is 14.1 Å². The molecule has 0 spiro atoms. The van der Waals surface area contributed by atoms with E-state index < -0.39 is 11.2 Å². The first-order valence-corrected chi connectivity index (χ1v) is 8.34. The molecule has 0 radical (unpaired) electrons. The van der Waals surface area contributed by atoms with Crippen molar-refractivity contribution in [1.82, 2.24) is 24.0 Å². The Hall–Kier alpha value is -2.81. The third kappa shape index (κ3) is 2.98. The van der Waals surface area contributed by atoms with Crippen molar-refractivity contribution in [2.75, 3.05) is 7.05 Å². The monoisotopic (exact) mass is 359 g/mol. The molecule has 0 unspecified atom stereocenters. The fraction of sp³-hybridized carbons (Fsp3) is 0.312. The Labute approximate surface area is 147 Å².